The lowest BCUT2D eigenvalue weighted by Crippen LogP contribution is -2.22. The minimum absolute atomic E-state index is 0.267. The van der Waals surface area contributed by atoms with Gasteiger partial charge in [-0.1, -0.05) is 109 Å². The average Bonchev–Trinajstić information content (AvgIpc) is 2.99. The van der Waals surface area contributed by atoms with Gasteiger partial charge in [0, 0.05) is 5.56 Å². The van der Waals surface area contributed by atoms with Crippen molar-refractivity contribution in [2.24, 2.45) is 0 Å². The highest BCUT2D eigenvalue weighted by Crippen LogP contribution is 2.39. The number of para-hydroxylation sites is 1. The molecular formula is C35H31O3P. The third-order valence-corrected chi connectivity index (χ3v) is 9.07. The van der Waals surface area contributed by atoms with Crippen LogP contribution in [0, 0.1) is 0 Å². The first-order chi connectivity index (χ1) is 19.2. The molecule has 0 saturated carbocycles. The molecule has 4 heteroatoms. The fourth-order valence-electron chi connectivity index (χ4n) is 4.65. The Morgan fingerprint density at radius 1 is 0.718 bits per heavy atom. The maximum Gasteiger partial charge on any atom is 0.313 e. The van der Waals surface area contributed by atoms with Crippen LogP contribution >= 0.6 is 7.92 Å². The van der Waals surface area contributed by atoms with Crippen LogP contribution < -0.4 is 20.7 Å². The summed E-state index contributed by atoms with van der Waals surface area (Å²) in [5, 5.41) is 3.84. The topological polar surface area (TPSA) is 35.5 Å². The number of rotatable bonds is 9. The molecule has 3 nitrogen and oxygen atoms in total. The summed E-state index contributed by atoms with van der Waals surface area (Å²) < 4.78 is 11.7. The van der Waals surface area contributed by atoms with Gasteiger partial charge in [0.05, 0.1) is 12.5 Å². The van der Waals surface area contributed by atoms with Crippen LogP contribution in [0.1, 0.15) is 25.3 Å². The number of hydrogen-bond acceptors (Lipinski definition) is 3. The molecule has 0 saturated heterocycles. The van der Waals surface area contributed by atoms with Gasteiger partial charge in [0.1, 0.15) is 11.5 Å². The second kappa shape index (κ2) is 12.6. The maximum atomic E-state index is 12.9. The lowest BCUT2D eigenvalue weighted by Gasteiger charge is -2.23. The molecule has 0 heterocycles. The zero-order valence-electron chi connectivity index (χ0n) is 22.2. The van der Waals surface area contributed by atoms with Gasteiger partial charge in [-0.25, -0.2) is 0 Å². The highest BCUT2D eigenvalue weighted by Gasteiger charge is 2.24. The van der Waals surface area contributed by atoms with E-state index in [1.165, 1.54) is 15.9 Å². The van der Waals surface area contributed by atoms with Crippen molar-refractivity contribution in [3.63, 3.8) is 0 Å². The van der Waals surface area contributed by atoms with E-state index in [-0.39, 0.29) is 5.97 Å². The van der Waals surface area contributed by atoms with Gasteiger partial charge < -0.3 is 9.47 Å². The van der Waals surface area contributed by atoms with Gasteiger partial charge in [0.2, 0.25) is 0 Å². The molecule has 0 spiro atoms. The molecule has 0 fully saturated rings. The SMILES string of the molecule is CCOC(=O)C(C)c1cc(-c2ccccc2P(c2ccccc2)c2ccccc2)ccc1Oc1ccccc1. The summed E-state index contributed by atoms with van der Waals surface area (Å²) in [6.07, 6.45) is 0. The Labute approximate surface area is 231 Å². The van der Waals surface area contributed by atoms with E-state index in [2.05, 4.69) is 97.1 Å². The molecule has 0 radical (unpaired) electrons. The predicted octanol–water partition coefficient (Wildman–Crippen LogP) is 7.57. The van der Waals surface area contributed by atoms with Crippen LogP contribution in [0.3, 0.4) is 0 Å². The molecule has 194 valence electrons. The molecule has 0 aliphatic rings. The van der Waals surface area contributed by atoms with Crippen LogP contribution in [0.25, 0.3) is 11.1 Å². The van der Waals surface area contributed by atoms with Crippen molar-refractivity contribution in [2.45, 2.75) is 19.8 Å². The first-order valence-corrected chi connectivity index (χ1v) is 14.5. The molecular weight excluding hydrogens is 499 g/mol. The molecule has 5 rings (SSSR count). The summed E-state index contributed by atoms with van der Waals surface area (Å²) in [4.78, 5) is 12.9. The van der Waals surface area contributed by atoms with Crippen LogP contribution in [0.2, 0.25) is 0 Å². The van der Waals surface area contributed by atoms with E-state index in [0.29, 0.717) is 12.4 Å². The summed E-state index contributed by atoms with van der Waals surface area (Å²) in [5.41, 5.74) is 2.98. The molecule has 5 aromatic rings. The standard InChI is InChI=1S/C35H31O3P/c1-3-37-35(36)26(2)32-25-27(23-24-33(32)38-28-15-7-4-8-16-28)31-21-13-14-22-34(31)39(29-17-9-5-10-18-29)30-19-11-6-12-20-30/h4-26H,3H2,1-2H3. The summed E-state index contributed by atoms with van der Waals surface area (Å²) in [6, 6.07) is 45.7. The van der Waals surface area contributed by atoms with E-state index in [9.17, 15) is 4.79 Å². The van der Waals surface area contributed by atoms with Crippen molar-refractivity contribution in [3.8, 4) is 22.6 Å². The molecule has 0 amide bonds. The molecule has 1 unspecified atom stereocenters. The largest absolute Gasteiger partial charge is 0.466 e. The quantitative estimate of drug-likeness (QED) is 0.146. The minimum atomic E-state index is -0.804. The van der Waals surface area contributed by atoms with Gasteiger partial charge in [0.25, 0.3) is 0 Å². The minimum Gasteiger partial charge on any atom is -0.466 e. The molecule has 0 N–H and O–H groups in total. The van der Waals surface area contributed by atoms with Crippen molar-refractivity contribution < 1.29 is 14.3 Å². The van der Waals surface area contributed by atoms with Gasteiger partial charge in [-0.15, -0.1) is 0 Å². The van der Waals surface area contributed by atoms with Crippen LogP contribution in [0.5, 0.6) is 11.5 Å². The Hall–Kier alpha value is -4.20. The molecule has 39 heavy (non-hydrogen) atoms. The Kier molecular flexibility index (Phi) is 8.51. The summed E-state index contributed by atoms with van der Waals surface area (Å²) in [5.74, 6) is 0.619. The third kappa shape index (κ3) is 6.11. The Bertz CT molecular complexity index is 1480. The van der Waals surface area contributed by atoms with Gasteiger partial charge in [-0.3, -0.25) is 4.79 Å². The number of benzene rings is 5. The summed E-state index contributed by atoms with van der Waals surface area (Å²) in [7, 11) is -0.804. The van der Waals surface area contributed by atoms with E-state index < -0.39 is 13.8 Å². The van der Waals surface area contributed by atoms with E-state index in [4.69, 9.17) is 9.47 Å². The lowest BCUT2D eigenvalue weighted by molar-refractivity contribution is -0.144. The molecule has 0 bridgehead atoms. The van der Waals surface area contributed by atoms with Crippen LogP contribution in [-0.4, -0.2) is 12.6 Å². The first-order valence-electron chi connectivity index (χ1n) is 13.2. The Balaban J connectivity index is 1.64. The van der Waals surface area contributed by atoms with Crippen molar-refractivity contribution in [1.29, 1.82) is 0 Å². The zero-order chi connectivity index (χ0) is 27.0. The van der Waals surface area contributed by atoms with E-state index in [0.717, 1.165) is 22.4 Å². The Morgan fingerprint density at radius 3 is 1.90 bits per heavy atom. The predicted molar refractivity (Wildman–Crippen MR) is 162 cm³/mol. The van der Waals surface area contributed by atoms with Gasteiger partial charge in [0.15, 0.2) is 0 Å². The van der Waals surface area contributed by atoms with Gasteiger partial charge >= 0.3 is 5.97 Å². The summed E-state index contributed by atoms with van der Waals surface area (Å²) in [6.45, 7) is 4.04. The third-order valence-electron chi connectivity index (χ3n) is 6.57. The van der Waals surface area contributed by atoms with Crippen molar-refractivity contribution in [3.05, 3.63) is 139 Å². The summed E-state index contributed by atoms with van der Waals surface area (Å²) >= 11 is 0. The van der Waals surface area contributed by atoms with Crippen LogP contribution in [0.4, 0.5) is 0 Å². The number of esters is 1. The van der Waals surface area contributed by atoms with Crippen molar-refractivity contribution >= 4 is 29.8 Å². The van der Waals surface area contributed by atoms with E-state index in [1.807, 2.05) is 50.2 Å². The van der Waals surface area contributed by atoms with Crippen molar-refractivity contribution in [1.82, 2.24) is 0 Å². The fourth-order valence-corrected chi connectivity index (χ4v) is 7.13. The normalized spacial score (nSPS) is 11.7. The second-order valence-corrected chi connectivity index (χ2v) is 11.4. The smallest absolute Gasteiger partial charge is 0.313 e. The first kappa shape index (κ1) is 26.4. The molecule has 0 aliphatic heterocycles. The number of hydrogen-bond donors (Lipinski definition) is 0. The Morgan fingerprint density at radius 2 is 1.28 bits per heavy atom. The fraction of sp³-hybridized carbons (Fsp3) is 0.114. The zero-order valence-corrected chi connectivity index (χ0v) is 23.1. The second-order valence-electron chi connectivity index (χ2n) is 9.17. The monoisotopic (exact) mass is 530 g/mol. The van der Waals surface area contributed by atoms with Crippen LogP contribution in [-0.2, 0) is 9.53 Å². The maximum absolute atomic E-state index is 12.9. The van der Waals surface area contributed by atoms with Crippen LogP contribution in [0.15, 0.2) is 133 Å². The molecule has 1 atom stereocenters. The van der Waals surface area contributed by atoms with Gasteiger partial charge in [-0.05, 0) is 73.1 Å². The van der Waals surface area contributed by atoms with E-state index >= 15 is 0 Å². The number of ether oxygens (including phenoxy) is 2. The molecule has 5 aromatic carbocycles. The highest BCUT2D eigenvalue weighted by molar-refractivity contribution is 7.80. The highest BCUT2D eigenvalue weighted by atomic mass is 31.1. The van der Waals surface area contributed by atoms with E-state index in [1.54, 1.807) is 0 Å². The lowest BCUT2D eigenvalue weighted by atomic mass is 9.95. The average molecular weight is 531 g/mol. The van der Waals surface area contributed by atoms with Gasteiger partial charge in [-0.2, -0.15) is 0 Å². The number of carbonyl (C=O) groups excluding carboxylic acids is 1. The molecule has 0 aromatic heterocycles. The van der Waals surface area contributed by atoms with Crippen molar-refractivity contribution in [2.75, 3.05) is 6.61 Å². The molecule has 0 aliphatic carbocycles. The number of carbonyl (C=O) groups is 1.